The number of Topliss-reactive ketones (excluding diaryl/α,β-unsaturated/α-hetero) is 1. The maximum absolute atomic E-state index is 14.8. The molecular weight excluding hydrogens is 457 g/mol. The van der Waals surface area contributed by atoms with Crippen LogP contribution in [0.2, 0.25) is 0 Å². The van der Waals surface area contributed by atoms with Crippen LogP contribution in [-0.2, 0) is 13.0 Å². The van der Waals surface area contributed by atoms with Crippen LogP contribution < -0.4 is 10.1 Å². The van der Waals surface area contributed by atoms with Crippen LogP contribution in [-0.4, -0.2) is 34.1 Å². The van der Waals surface area contributed by atoms with Crippen molar-refractivity contribution in [3.63, 3.8) is 0 Å². The van der Waals surface area contributed by atoms with Gasteiger partial charge in [0.15, 0.2) is 5.78 Å². The number of carbonyl (C=O) groups is 2. The zero-order valence-electron chi connectivity index (χ0n) is 20.1. The molecule has 7 heteroatoms. The van der Waals surface area contributed by atoms with Crippen LogP contribution in [0.3, 0.4) is 0 Å². The maximum Gasteiger partial charge on any atom is 0.251 e. The molecule has 0 aliphatic carbocycles. The second-order valence-corrected chi connectivity index (χ2v) is 9.11. The van der Waals surface area contributed by atoms with E-state index in [2.05, 4.69) is 10.4 Å². The van der Waals surface area contributed by atoms with Gasteiger partial charge in [-0.3, -0.25) is 14.3 Å². The average Bonchev–Trinajstić information content (AvgIpc) is 3.52. The molecule has 0 radical (unpaired) electrons. The number of aryl methyl sites for hydroxylation is 1. The molecule has 0 saturated carbocycles. The minimum atomic E-state index is -0.414. The van der Waals surface area contributed by atoms with Crippen molar-refractivity contribution in [2.24, 2.45) is 0 Å². The molecule has 36 heavy (non-hydrogen) atoms. The van der Waals surface area contributed by atoms with Crippen LogP contribution in [0.5, 0.6) is 5.75 Å². The van der Waals surface area contributed by atoms with Gasteiger partial charge in [-0.2, -0.15) is 5.10 Å². The Kier molecular flexibility index (Phi) is 6.38. The first kappa shape index (κ1) is 23.5. The number of hydrogen-bond donors (Lipinski definition) is 1. The highest BCUT2D eigenvalue weighted by Crippen LogP contribution is 2.41. The van der Waals surface area contributed by atoms with Gasteiger partial charge >= 0.3 is 0 Å². The average molecular weight is 484 g/mol. The largest absolute Gasteiger partial charge is 0.487 e. The van der Waals surface area contributed by atoms with Gasteiger partial charge in [0.25, 0.3) is 5.91 Å². The summed E-state index contributed by atoms with van der Waals surface area (Å²) >= 11 is 0. The van der Waals surface area contributed by atoms with E-state index in [0.29, 0.717) is 47.5 Å². The molecule has 1 aliphatic heterocycles. The fourth-order valence-corrected chi connectivity index (χ4v) is 4.56. The molecule has 182 valence electrons. The summed E-state index contributed by atoms with van der Waals surface area (Å²) < 4.78 is 22.8. The molecule has 0 fully saturated rings. The predicted molar refractivity (Wildman–Crippen MR) is 135 cm³/mol. The maximum atomic E-state index is 14.8. The number of aromatic nitrogens is 2. The third kappa shape index (κ3) is 4.91. The van der Waals surface area contributed by atoms with Crippen LogP contribution >= 0.6 is 0 Å². The number of nitrogens with zero attached hydrogens (tertiary/aromatic N) is 2. The van der Waals surface area contributed by atoms with Crippen molar-refractivity contribution in [3.8, 4) is 16.9 Å². The first-order valence-corrected chi connectivity index (χ1v) is 11.8. The van der Waals surface area contributed by atoms with E-state index < -0.39 is 5.82 Å². The molecule has 0 bridgehead atoms. The van der Waals surface area contributed by atoms with E-state index in [1.54, 1.807) is 23.0 Å². The van der Waals surface area contributed by atoms with Crippen molar-refractivity contribution in [1.29, 1.82) is 0 Å². The van der Waals surface area contributed by atoms with E-state index >= 15 is 0 Å². The lowest BCUT2D eigenvalue weighted by Crippen LogP contribution is -2.34. The highest BCUT2D eigenvalue weighted by atomic mass is 19.1. The van der Waals surface area contributed by atoms with E-state index in [4.69, 9.17) is 4.74 Å². The third-order valence-electron chi connectivity index (χ3n) is 6.29. The first-order valence-electron chi connectivity index (χ1n) is 11.8. The van der Waals surface area contributed by atoms with E-state index in [-0.39, 0.29) is 17.8 Å². The number of fused-ring (bicyclic) bond motifs is 1. The number of halogens is 1. The molecule has 1 atom stereocenters. The lowest BCUT2D eigenvalue weighted by Gasteiger charge is -2.15. The number of carbonyl (C=O) groups excluding carboxylic acids is 2. The van der Waals surface area contributed by atoms with E-state index in [0.717, 1.165) is 16.7 Å². The minimum absolute atomic E-state index is 0.129. The quantitative estimate of drug-likeness (QED) is 0.376. The number of rotatable bonds is 7. The number of benzene rings is 3. The molecule has 3 aromatic carbocycles. The number of ether oxygens (including phenoxy) is 1. The Bertz CT molecular complexity index is 1450. The SMILES string of the molecule is CC(=O)c1ccc(F)c(-c2cc(C)cc3c2O[C@H](CNC(=O)c2cccc(Cn4cccn4)c2)C3)c1. The van der Waals surface area contributed by atoms with Crippen molar-refractivity contribution in [2.75, 3.05) is 6.54 Å². The normalized spacial score (nSPS) is 14.2. The second kappa shape index (κ2) is 9.77. The molecule has 0 spiro atoms. The van der Waals surface area contributed by atoms with Gasteiger partial charge in [-0.25, -0.2) is 4.39 Å². The Hall–Kier alpha value is -4.26. The fraction of sp³-hybridized carbons (Fsp3) is 0.207. The lowest BCUT2D eigenvalue weighted by atomic mass is 9.95. The standard InChI is InChI=1S/C29H26FN3O3/c1-18-11-23-14-24(36-28(23)26(12-18)25-15-21(19(2)34)7-8-27(25)30)16-31-29(35)22-6-3-5-20(13-22)17-33-10-4-9-32-33/h3-13,15,24H,14,16-17H2,1-2H3,(H,31,35)/t24-/m0/s1. The van der Waals surface area contributed by atoms with Gasteiger partial charge in [0, 0.05) is 41.1 Å². The molecule has 0 saturated heterocycles. The topological polar surface area (TPSA) is 73.2 Å². The summed E-state index contributed by atoms with van der Waals surface area (Å²) in [5.41, 5.74) is 4.86. The van der Waals surface area contributed by atoms with Gasteiger partial charge in [-0.1, -0.05) is 18.2 Å². The van der Waals surface area contributed by atoms with Crippen molar-refractivity contribution in [1.82, 2.24) is 15.1 Å². The predicted octanol–water partition coefficient (Wildman–Crippen LogP) is 4.98. The van der Waals surface area contributed by atoms with Crippen molar-refractivity contribution < 1.29 is 18.7 Å². The Morgan fingerprint density at radius 2 is 1.94 bits per heavy atom. The van der Waals surface area contributed by atoms with E-state index in [9.17, 15) is 14.0 Å². The van der Waals surface area contributed by atoms with Gasteiger partial charge in [0.1, 0.15) is 17.7 Å². The van der Waals surface area contributed by atoms with Gasteiger partial charge < -0.3 is 10.1 Å². The van der Waals surface area contributed by atoms with Crippen molar-refractivity contribution in [2.45, 2.75) is 32.9 Å². The van der Waals surface area contributed by atoms with Crippen LogP contribution in [0.1, 0.15) is 44.3 Å². The molecule has 1 N–H and O–H groups in total. The summed E-state index contributed by atoms with van der Waals surface area (Å²) in [4.78, 5) is 24.7. The molecule has 1 amide bonds. The van der Waals surface area contributed by atoms with E-state index in [1.807, 2.05) is 49.5 Å². The second-order valence-electron chi connectivity index (χ2n) is 9.11. The van der Waals surface area contributed by atoms with Gasteiger partial charge in [-0.05, 0) is 73.0 Å². The third-order valence-corrected chi connectivity index (χ3v) is 6.29. The summed E-state index contributed by atoms with van der Waals surface area (Å²) in [7, 11) is 0. The zero-order chi connectivity index (χ0) is 25.2. The van der Waals surface area contributed by atoms with Crippen LogP contribution in [0.4, 0.5) is 4.39 Å². The van der Waals surface area contributed by atoms with Crippen LogP contribution in [0, 0.1) is 12.7 Å². The summed E-state index contributed by atoms with van der Waals surface area (Å²) in [6.45, 7) is 4.30. The van der Waals surface area contributed by atoms with Crippen LogP contribution in [0.25, 0.3) is 11.1 Å². The Labute approximate surface area is 208 Å². The summed E-state index contributed by atoms with van der Waals surface area (Å²) in [6.07, 6.45) is 3.91. The monoisotopic (exact) mass is 483 g/mol. The smallest absolute Gasteiger partial charge is 0.251 e. The van der Waals surface area contributed by atoms with Crippen LogP contribution in [0.15, 0.2) is 73.1 Å². The highest BCUT2D eigenvalue weighted by Gasteiger charge is 2.28. The first-order chi connectivity index (χ1) is 17.4. The van der Waals surface area contributed by atoms with Gasteiger partial charge in [0.2, 0.25) is 0 Å². The van der Waals surface area contributed by atoms with Crippen molar-refractivity contribution >= 4 is 11.7 Å². The molecule has 1 aromatic heterocycles. The van der Waals surface area contributed by atoms with E-state index in [1.165, 1.54) is 19.1 Å². The minimum Gasteiger partial charge on any atom is -0.487 e. The Balaban J connectivity index is 1.30. The van der Waals surface area contributed by atoms with Gasteiger partial charge in [-0.15, -0.1) is 0 Å². The molecular formula is C29H26FN3O3. The number of amides is 1. The highest BCUT2D eigenvalue weighted by molar-refractivity contribution is 5.96. The van der Waals surface area contributed by atoms with Crippen molar-refractivity contribution in [3.05, 3.63) is 107 Å². The molecule has 2 heterocycles. The number of nitrogens with one attached hydrogen (secondary N) is 1. The molecule has 1 aliphatic rings. The van der Waals surface area contributed by atoms with Gasteiger partial charge in [0.05, 0.1) is 13.1 Å². The lowest BCUT2D eigenvalue weighted by molar-refractivity contribution is 0.0933. The summed E-state index contributed by atoms with van der Waals surface area (Å²) in [6, 6.07) is 17.6. The molecule has 5 rings (SSSR count). The zero-order valence-corrected chi connectivity index (χ0v) is 20.1. The number of ketones is 1. The Morgan fingerprint density at radius 3 is 2.72 bits per heavy atom. The fourth-order valence-electron chi connectivity index (χ4n) is 4.56. The molecule has 4 aromatic rings. The summed E-state index contributed by atoms with van der Waals surface area (Å²) in [5, 5.41) is 7.17. The molecule has 6 nitrogen and oxygen atoms in total. The number of hydrogen-bond acceptors (Lipinski definition) is 4. The molecule has 0 unspecified atom stereocenters. The Morgan fingerprint density at radius 1 is 1.08 bits per heavy atom. The summed E-state index contributed by atoms with van der Waals surface area (Å²) in [5.74, 6) is -0.131.